The van der Waals surface area contributed by atoms with Gasteiger partial charge in [-0.05, 0) is 55.8 Å². The standard InChI is InChI=1S/C28H33ClN6O/c1-33-13-15-34(16-14-33)20-21-4-7-27(31-18-21)35-11-8-24(9-12-35)32-28(36)22-5-6-26(29)25(17-22)23-3-2-10-30-19-23/h2-7,10,17-19,24H,8-9,11-16,20H2,1H3,(H,32,36). The number of amides is 1. The van der Waals surface area contributed by atoms with Gasteiger partial charge < -0.3 is 15.1 Å². The molecule has 2 fully saturated rings. The Kier molecular flexibility index (Phi) is 7.80. The number of carbonyl (C=O) groups is 1. The first-order valence-corrected chi connectivity index (χ1v) is 13.0. The predicted molar refractivity (Wildman–Crippen MR) is 144 cm³/mol. The number of carbonyl (C=O) groups excluding carboxylic acids is 1. The largest absolute Gasteiger partial charge is 0.356 e. The number of piperazine rings is 1. The maximum atomic E-state index is 13.0. The van der Waals surface area contributed by atoms with Crippen molar-refractivity contribution in [3.63, 3.8) is 0 Å². The van der Waals surface area contributed by atoms with Gasteiger partial charge in [0.2, 0.25) is 0 Å². The number of nitrogens with one attached hydrogen (secondary N) is 1. The summed E-state index contributed by atoms with van der Waals surface area (Å²) >= 11 is 6.39. The quantitative estimate of drug-likeness (QED) is 0.548. The fraction of sp³-hybridized carbons (Fsp3) is 0.393. The van der Waals surface area contributed by atoms with Crippen molar-refractivity contribution in [2.75, 3.05) is 51.2 Å². The molecule has 1 amide bonds. The van der Waals surface area contributed by atoms with Gasteiger partial charge in [0.15, 0.2) is 0 Å². The molecule has 4 heterocycles. The monoisotopic (exact) mass is 504 g/mol. The van der Waals surface area contributed by atoms with E-state index in [1.807, 2.05) is 24.4 Å². The highest BCUT2D eigenvalue weighted by Crippen LogP contribution is 2.28. The minimum atomic E-state index is -0.0679. The minimum absolute atomic E-state index is 0.0679. The van der Waals surface area contributed by atoms with Gasteiger partial charge in [-0.2, -0.15) is 0 Å². The molecule has 0 unspecified atom stereocenters. The average molecular weight is 505 g/mol. The van der Waals surface area contributed by atoms with Gasteiger partial charge in [0.1, 0.15) is 5.82 Å². The Hall–Kier alpha value is -3.00. The van der Waals surface area contributed by atoms with E-state index >= 15 is 0 Å². The van der Waals surface area contributed by atoms with Gasteiger partial charge in [-0.1, -0.05) is 23.7 Å². The van der Waals surface area contributed by atoms with Crippen molar-refractivity contribution in [1.29, 1.82) is 0 Å². The summed E-state index contributed by atoms with van der Waals surface area (Å²) in [6.07, 6.45) is 7.27. The highest BCUT2D eigenvalue weighted by Gasteiger charge is 2.23. The molecule has 188 valence electrons. The van der Waals surface area contributed by atoms with Gasteiger partial charge in [0.05, 0.1) is 0 Å². The van der Waals surface area contributed by atoms with Crippen LogP contribution in [0.15, 0.2) is 61.1 Å². The molecule has 0 saturated carbocycles. The maximum absolute atomic E-state index is 13.0. The second kappa shape index (κ2) is 11.4. The van der Waals surface area contributed by atoms with Crippen LogP contribution in [0.25, 0.3) is 11.1 Å². The Morgan fingerprint density at radius 3 is 2.53 bits per heavy atom. The van der Waals surface area contributed by atoms with E-state index in [0.717, 1.165) is 75.6 Å². The van der Waals surface area contributed by atoms with Crippen LogP contribution in [0.2, 0.25) is 5.02 Å². The van der Waals surface area contributed by atoms with Gasteiger partial charge in [-0.3, -0.25) is 14.7 Å². The van der Waals surface area contributed by atoms with Crippen LogP contribution in [-0.4, -0.2) is 78.0 Å². The normalized spacial score (nSPS) is 17.8. The summed E-state index contributed by atoms with van der Waals surface area (Å²) in [4.78, 5) is 29.1. The molecular formula is C28H33ClN6O. The smallest absolute Gasteiger partial charge is 0.251 e. The topological polar surface area (TPSA) is 64.6 Å². The Labute approximate surface area is 218 Å². The average Bonchev–Trinajstić information content (AvgIpc) is 2.92. The molecular weight excluding hydrogens is 472 g/mol. The van der Waals surface area contributed by atoms with E-state index in [9.17, 15) is 4.79 Å². The molecule has 0 atom stereocenters. The molecule has 8 heteroatoms. The number of aromatic nitrogens is 2. The van der Waals surface area contributed by atoms with Crippen LogP contribution >= 0.6 is 11.6 Å². The lowest BCUT2D eigenvalue weighted by Gasteiger charge is -2.34. The molecule has 7 nitrogen and oxygen atoms in total. The Balaban J connectivity index is 1.13. The van der Waals surface area contributed by atoms with Gasteiger partial charge >= 0.3 is 0 Å². The Morgan fingerprint density at radius 1 is 1.03 bits per heavy atom. The highest BCUT2D eigenvalue weighted by atomic mass is 35.5. The fourth-order valence-corrected chi connectivity index (χ4v) is 5.12. The summed E-state index contributed by atoms with van der Waals surface area (Å²) in [5.74, 6) is 0.947. The zero-order valence-corrected chi connectivity index (χ0v) is 21.5. The van der Waals surface area contributed by atoms with Crippen molar-refractivity contribution in [2.24, 2.45) is 0 Å². The molecule has 2 aromatic heterocycles. The van der Waals surface area contributed by atoms with Crippen LogP contribution in [0.4, 0.5) is 5.82 Å². The molecule has 2 aliphatic heterocycles. The van der Waals surface area contributed by atoms with Gasteiger partial charge in [-0.25, -0.2) is 4.98 Å². The predicted octanol–water partition coefficient (Wildman–Crippen LogP) is 3.94. The van der Waals surface area contributed by atoms with Crippen LogP contribution in [0.3, 0.4) is 0 Å². The van der Waals surface area contributed by atoms with E-state index in [1.54, 1.807) is 24.5 Å². The summed E-state index contributed by atoms with van der Waals surface area (Å²) in [6.45, 7) is 7.18. The van der Waals surface area contributed by atoms with E-state index < -0.39 is 0 Å². The first-order chi connectivity index (χ1) is 17.5. The van der Waals surface area contributed by atoms with Gasteiger partial charge in [0.25, 0.3) is 5.91 Å². The lowest BCUT2D eigenvalue weighted by Crippen LogP contribution is -2.45. The second-order valence-corrected chi connectivity index (χ2v) is 10.2. The molecule has 0 radical (unpaired) electrons. The molecule has 2 aliphatic rings. The highest BCUT2D eigenvalue weighted by molar-refractivity contribution is 6.33. The van der Waals surface area contributed by atoms with Gasteiger partial charge in [0, 0.05) is 92.2 Å². The number of nitrogens with zero attached hydrogens (tertiary/aromatic N) is 5. The first-order valence-electron chi connectivity index (χ1n) is 12.7. The van der Waals surface area contributed by atoms with E-state index in [-0.39, 0.29) is 11.9 Å². The van der Waals surface area contributed by atoms with Gasteiger partial charge in [-0.15, -0.1) is 0 Å². The molecule has 0 spiro atoms. The number of hydrogen-bond acceptors (Lipinski definition) is 6. The molecule has 2 saturated heterocycles. The fourth-order valence-electron chi connectivity index (χ4n) is 4.89. The van der Waals surface area contributed by atoms with Crippen molar-refractivity contribution in [1.82, 2.24) is 25.1 Å². The number of hydrogen-bond donors (Lipinski definition) is 1. The molecule has 36 heavy (non-hydrogen) atoms. The maximum Gasteiger partial charge on any atom is 0.251 e. The summed E-state index contributed by atoms with van der Waals surface area (Å²) in [7, 11) is 2.18. The summed E-state index contributed by atoms with van der Waals surface area (Å²) < 4.78 is 0. The van der Waals surface area contributed by atoms with Crippen molar-refractivity contribution in [3.05, 3.63) is 77.2 Å². The van der Waals surface area contributed by atoms with Crippen molar-refractivity contribution >= 4 is 23.3 Å². The third-order valence-electron chi connectivity index (χ3n) is 7.17. The minimum Gasteiger partial charge on any atom is -0.356 e. The summed E-state index contributed by atoms with van der Waals surface area (Å²) in [6, 6.07) is 13.7. The number of anilines is 1. The number of pyridine rings is 2. The molecule has 5 rings (SSSR count). The lowest BCUT2D eigenvalue weighted by molar-refractivity contribution is 0.0931. The first kappa shape index (κ1) is 24.7. The third-order valence-corrected chi connectivity index (χ3v) is 7.50. The Morgan fingerprint density at radius 2 is 1.83 bits per heavy atom. The molecule has 1 N–H and O–H groups in total. The zero-order valence-electron chi connectivity index (χ0n) is 20.7. The molecule has 3 aromatic rings. The van der Waals surface area contributed by atoms with Crippen LogP contribution in [0.1, 0.15) is 28.8 Å². The zero-order chi connectivity index (χ0) is 24.9. The van der Waals surface area contributed by atoms with E-state index in [1.165, 1.54) is 5.56 Å². The summed E-state index contributed by atoms with van der Waals surface area (Å²) in [5, 5.41) is 3.82. The van der Waals surface area contributed by atoms with Crippen molar-refractivity contribution < 1.29 is 4.79 Å². The summed E-state index contributed by atoms with van der Waals surface area (Å²) in [5.41, 5.74) is 3.58. The number of likely N-dealkylation sites (N-methyl/N-ethyl adjacent to an activating group) is 1. The van der Waals surface area contributed by atoms with E-state index in [0.29, 0.717) is 10.6 Å². The van der Waals surface area contributed by atoms with Crippen LogP contribution in [-0.2, 0) is 6.54 Å². The van der Waals surface area contributed by atoms with Crippen molar-refractivity contribution in [2.45, 2.75) is 25.4 Å². The molecule has 1 aromatic carbocycles. The molecule has 0 bridgehead atoms. The lowest BCUT2D eigenvalue weighted by atomic mass is 10.0. The number of piperidine rings is 1. The second-order valence-electron chi connectivity index (χ2n) is 9.78. The number of benzene rings is 1. The van der Waals surface area contributed by atoms with Crippen LogP contribution in [0.5, 0.6) is 0 Å². The number of rotatable bonds is 6. The van der Waals surface area contributed by atoms with Crippen molar-refractivity contribution in [3.8, 4) is 11.1 Å². The Bertz CT molecular complexity index is 1160. The van der Waals surface area contributed by atoms with E-state index in [4.69, 9.17) is 16.6 Å². The number of halogens is 1. The molecule has 0 aliphatic carbocycles. The van der Waals surface area contributed by atoms with Crippen LogP contribution < -0.4 is 10.2 Å². The third kappa shape index (κ3) is 6.03. The van der Waals surface area contributed by atoms with Crippen LogP contribution in [0, 0.1) is 0 Å². The van der Waals surface area contributed by atoms with E-state index in [2.05, 4.69) is 44.2 Å². The SMILES string of the molecule is CN1CCN(Cc2ccc(N3CCC(NC(=O)c4ccc(Cl)c(-c5cccnc5)c4)CC3)nc2)CC1.